The average molecular weight is 363 g/mol. The van der Waals surface area contributed by atoms with Gasteiger partial charge >= 0.3 is 0 Å². The fourth-order valence-corrected chi connectivity index (χ4v) is 2.94. The van der Waals surface area contributed by atoms with Crippen LogP contribution in [0.2, 0.25) is 0 Å². The molecule has 140 valence electrons. The molecule has 0 spiro atoms. The Hall–Kier alpha value is -2.65. The summed E-state index contributed by atoms with van der Waals surface area (Å²) in [4.78, 5) is 0. The summed E-state index contributed by atoms with van der Waals surface area (Å²) in [5, 5.41) is 3.56. The predicted molar refractivity (Wildman–Crippen MR) is 108 cm³/mol. The van der Waals surface area contributed by atoms with Gasteiger partial charge in [-0.25, -0.2) is 4.39 Å². The standard InChI is InChI=1S/C24H26FNO/c1-19(14-15-20-8-3-2-4-9-20)26-17-21-10-7-12-23(16-21)27-18-22-11-5-6-13-24(22)25/h2-13,16,19,26H,14-15,17-18H2,1H3. The van der Waals surface area contributed by atoms with E-state index in [0.29, 0.717) is 11.6 Å². The van der Waals surface area contributed by atoms with Gasteiger partial charge in [0.25, 0.3) is 0 Å². The van der Waals surface area contributed by atoms with Gasteiger partial charge in [0.1, 0.15) is 18.2 Å². The average Bonchev–Trinajstić information content (AvgIpc) is 2.71. The molecule has 0 saturated heterocycles. The van der Waals surface area contributed by atoms with Gasteiger partial charge in [-0.3, -0.25) is 0 Å². The Balaban J connectivity index is 1.46. The molecule has 0 bridgehead atoms. The summed E-state index contributed by atoms with van der Waals surface area (Å²) in [5.74, 6) is 0.525. The number of hydrogen-bond acceptors (Lipinski definition) is 2. The van der Waals surface area contributed by atoms with Crippen LogP contribution < -0.4 is 10.1 Å². The molecule has 0 aromatic heterocycles. The van der Waals surface area contributed by atoms with Gasteiger partial charge in [0, 0.05) is 18.2 Å². The second-order valence-electron chi connectivity index (χ2n) is 6.83. The number of benzene rings is 3. The van der Waals surface area contributed by atoms with Crippen LogP contribution in [0.15, 0.2) is 78.9 Å². The summed E-state index contributed by atoms with van der Waals surface area (Å²) in [6, 6.07) is 25.6. The maximum atomic E-state index is 13.7. The Labute approximate surface area is 161 Å². The first-order chi connectivity index (χ1) is 13.2. The Morgan fingerprint density at radius 2 is 1.63 bits per heavy atom. The van der Waals surface area contributed by atoms with Crippen LogP contribution in [0.25, 0.3) is 0 Å². The summed E-state index contributed by atoms with van der Waals surface area (Å²) >= 11 is 0. The van der Waals surface area contributed by atoms with Gasteiger partial charge in [0.2, 0.25) is 0 Å². The second kappa shape index (κ2) is 9.89. The molecule has 0 radical (unpaired) electrons. The third-order valence-corrected chi connectivity index (χ3v) is 4.61. The molecule has 0 fully saturated rings. The van der Waals surface area contributed by atoms with E-state index in [9.17, 15) is 4.39 Å². The predicted octanol–water partition coefficient (Wildman–Crippen LogP) is 5.52. The lowest BCUT2D eigenvalue weighted by molar-refractivity contribution is 0.299. The first-order valence-corrected chi connectivity index (χ1v) is 9.43. The van der Waals surface area contributed by atoms with Gasteiger partial charge < -0.3 is 10.1 Å². The van der Waals surface area contributed by atoms with Gasteiger partial charge in [-0.2, -0.15) is 0 Å². The smallest absolute Gasteiger partial charge is 0.129 e. The van der Waals surface area contributed by atoms with Gasteiger partial charge in [0.05, 0.1) is 0 Å². The van der Waals surface area contributed by atoms with Crippen molar-refractivity contribution >= 4 is 0 Å². The zero-order chi connectivity index (χ0) is 18.9. The van der Waals surface area contributed by atoms with Crippen molar-refractivity contribution in [2.45, 2.75) is 39.0 Å². The maximum absolute atomic E-state index is 13.7. The highest BCUT2D eigenvalue weighted by Crippen LogP contribution is 2.17. The fraction of sp³-hybridized carbons (Fsp3) is 0.250. The molecular formula is C24H26FNO. The zero-order valence-corrected chi connectivity index (χ0v) is 15.7. The molecule has 0 heterocycles. The lowest BCUT2D eigenvalue weighted by atomic mass is 10.1. The molecule has 1 N–H and O–H groups in total. The van der Waals surface area contributed by atoms with Crippen LogP contribution in [0.3, 0.4) is 0 Å². The minimum absolute atomic E-state index is 0.233. The van der Waals surface area contributed by atoms with Crippen molar-refractivity contribution in [3.8, 4) is 5.75 Å². The fourth-order valence-electron chi connectivity index (χ4n) is 2.94. The van der Waals surface area contributed by atoms with Gasteiger partial charge in [0.15, 0.2) is 0 Å². The van der Waals surface area contributed by atoms with Crippen LogP contribution in [0.5, 0.6) is 5.75 Å². The topological polar surface area (TPSA) is 21.3 Å². The van der Waals surface area contributed by atoms with Crippen LogP contribution in [0.4, 0.5) is 4.39 Å². The molecule has 0 aliphatic carbocycles. The molecule has 1 unspecified atom stereocenters. The highest BCUT2D eigenvalue weighted by molar-refractivity contribution is 5.29. The highest BCUT2D eigenvalue weighted by Gasteiger charge is 2.05. The van der Waals surface area contributed by atoms with E-state index in [4.69, 9.17) is 4.74 Å². The molecule has 3 heteroatoms. The molecule has 2 nitrogen and oxygen atoms in total. The normalized spacial score (nSPS) is 11.9. The number of halogens is 1. The number of ether oxygens (including phenoxy) is 1. The van der Waals surface area contributed by atoms with Crippen LogP contribution >= 0.6 is 0 Å². The summed E-state index contributed by atoms with van der Waals surface area (Å²) < 4.78 is 19.4. The Kier molecular flexibility index (Phi) is 7.00. The molecule has 3 aromatic carbocycles. The van der Waals surface area contributed by atoms with E-state index >= 15 is 0 Å². The van der Waals surface area contributed by atoms with E-state index in [1.165, 1.54) is 11.6 Å². The van der Waals surface area contributed by atoms with Crippen molar-refractivity contribution < 1.29 is 9.13 Å². The third-order valence-electron chi connectivity index (χ3n) is 4.61. The van der Waals surface area contributed by atoms with Crippen molar-refractivity contribution in [3.63, 3.8) is 0 Å². The quantitative estimate of drug-likeness (QED) is 0.541. The van der Waals surface area contributed by atoms with Crippen molar-refractivity contribution in [2.24, 2.45) is 0 Å². The van der Waals surface area contributed by atoms with Crippen LogP contribution in [0.1, 0.15) is 30.0 Å². The summed E-state index contributed by atoms with van der Waals surface area (Å²) in [6.07, 6.45) is 2.16. The molecular weight excluding hydrogens is 337 g/mol. The van der Waals surface area contributed by atoms with Crippen molar-refractivity contribution in [2.75, 3.05) is 0 Å². The van der Waals surface area contributed by atoms with Gasteiger partial charge in [-0.05, 0) is 49.1 Å². The van der Waals surface area contributed by atoms with E-state index in [1.807, 2.05) is 30.3 Å². The molecule has 0 amide bonds. The molecule has 3 aromatic rings. The van der Waals surface area contributed by atoms with Crippen LogP contribution in [0, 0.1) is 5.82 Å². The summed E-state index contributed by atoms with van der Waals surface area (Å²) in [7, 11) is 0. The minimum Gasteiger partial charge on any atom is -0.489 e. The minimum atomic E-state index is -0.234. The van der Waals surface area contributed by atoms with Crippen molar-refractivity contribution in [3.05, 3.63) is 101 Å². The Morgan fingerprint density at radius 1 is 0.889 bits per heavy atom. The lowest BCUT2D eigenvalue weighted by Crippen LogP contribution is -2.25. The highest BCUT2D eigenvalue weighted by atomic mass is 19.1. The summed E-state index contributed by atoms with van der Waals surface area (Å²) in [6.45, 7) is 3.23. The van der Waals surface area contributed by atoms with Crippen molar-refractivity contribution in [1.29, 1.82) is 0 Å². The van der Waals surface area contributed by atoms with Gasteiger partial charge in [-0.1, -0.05) is 60.7 Å². The Morgan fingerprint density at radius 3 is 2.44 bits per heavy atom. The van der Waals surface area contributed by atoms with Crippen LogP contribution in [-0.4, -0.2) is 6.04 Å². The van der Waals surface area contributed by atoms with E-state index in [0.717, 1.165) is 30.7 Å². The molecule has 1 atom stereocenters. The molecule has 0 saturated carbocycles. The molecule has 3 rings (SSSR count). The first kappa shape index (κ1) is 19.1. The van der Waals surface area contributed by atoms with E-state index in [1.54, 1.807) is 12.1 Å². The zero-order valence-electron chi connectivity index (χ0n) is 15.7. The first-order valence-electron chi connectivity index (χ1n) is 9.43. The lowest BCUT2D eigenvalue weighted by Gasteiger charge is -2.14. The largest absolute Gasteiger partial charge is 0.489 e. The van der Waals surface area contributed by atoms with Gasteiger partial charge in [-0.15, -0.1) is 0 Å². The van der Waals surface area contributed by atoms with E-state index in [2.05, 4.69) is 42.6 Å². The van der Waals surface area contributed by atoms with E-state index < -0.39 is 0 Å². The number of nitrogens with one attached hydrogen (secondary N) is 1. The summed E-state index contributed by atoms with van der Waals surface area (Å²) in [5.41, 5.74) is 3.10. The maximum Gasteiger partial charge on any atom is 0.129 e. The monoisotopic (exact) mass is 363 g/mol. The second-order valence-corrected chi connectivity index (χ2v) is 6.83. The number of aryl methyl sites for hydroxylation is 1. The molecule has 27 heavy (non-hydrogen) atoms. The number of rotatable bonds is 9. The molecule has 0 aliphatic heterocycles. The van der Waals surface area contributed by atoms with Crippen LogP contribution in [-0.2, 0) is 19.6 Å². The van der Waals surface area contributed by atoms with E-state index in [-0.39, 0.29) is 12.4 Å². The molecule has 0 aliphatic rings. The number of hydrogen-bond donors (Lipinski definition) is 1. The third kappa shape index (κ3) is 6.22. The Bertz CT molecular complexity index is 835. The SMILES string of the molecule is CC(CCc1ccccc1)NCc1cccc(OCc2ccccc2F)c1. The van der Waals surface area contributed by atoms with Crippen molar-refractivity contribution in [1.82, 2.24) is 5.32 Å².